The minimum absolute atomic E-state index is 0.0631. The van der Waals surface area contributed by atoms with Crippen LogP contribution in [0.1, 0.15) is 52.8 Å². The van der Waals surface area contributed by atoms with E-state index in [2.05, 4.69) is 5.32 Å². The maximum absolute atomic E-state index is 12.5. The molecule has 23 heavy (non-hydrogen) atoms. The van der Waals surface area contributed by atoms with Crippen molar-refractivity contribution in [2.75, 3.05) is 5.73 Å². The number of fused-ring (bicyclic) bond motifs is 1. The van der Waals surface area contributed by atoms with E-state index < -0.39 is 5.92 Å². The van der Waals surface area contributed by atoms with Gasteiger partial charge in [-0.2, -0.15) is 0 Å². The maximum atomic E-state index is 12.5. The van der Waals surface area contributed by atoms with Gasteiger partial charge in [-0.15, -0.1) is 0 Å². The van der Waals surface area contributed by atoms with E-state index in [-0.39, 0.29) is 35.7 Å². The summed E-state index contributed by atoms with van der Waals surface area (Å²) in [6.07, 6.45) is 1.97. The number of imide groups is 1. The zero-order chi connectivity index (χ0) is 16.6. The fourth-order valence-corrected chi connectivity index (χ4v) is 3.30. The second kappa shape index (κ2) is 5.95. The van der Waals surface area contributed by atoms with Crippen LogP contribution in [0, 0.1) is 11.8 Å². The summed E-state index contributed by atoms with van der Waals surface area (Å²) in [6.45, 7) is 0. The van der Waals surface area contributed by atoms with Crippen LogP contribution < -0.4 is 11.1 Å². The average molecular weight is 314 g/mol. The zero-order valence-electron chi connectivity index (χ0n) is 12.6. The van der Waals surface area contributed by atoms with E-state index in [1.807, 2.05) is 0 Å². The Morgan fingerprint density at radius 3 is 2.52 bits per heavy atom. The third kappa shape index (κ3) is 3.02. The Balaban J connectivity index is 1.69. The summed E-state index contributed by atoms with van der Waals surface area (Å²) in [5.74, 6) is -1.33. The van der Waals surface area contributed by atoms with Crippen LogP contribution >= 0.6 is 0 Å². The first-order valence-corrected chi connectivity index (χ1v) is 7.76. The van der Waals surface area contributed by atoms with E-state index in [1.165, 1.54) is 0 Å². The molecule has 0 radical (unpaired) electrons. The Kier molecular flexibility index (Phi) is 3.98. The summed E-state index contributed by atoms with van der Waals surface area (Å²) in [6, 6.07) is 4.77. The molecule has 3 N–H and O–H groups in total. The van der Waals surface area contributed by atoms with Gasteiger partial charge >= 0.3 is 0 Å². The summed E-state index contributed by atoms with van der Waals surface area (Å²) >= 11 is 0. The molecule has 0 bridgehead atoms. The van der Waals surface area contributed by atoms with Crippen LogP contribution in [-0.2, 0) is 9.59 Å². The van der Waals surface area contributed by atoms with Gasteiger partial charge in [-0.3, -0.25) is 24.5 Å². The highest BCUT2D eigenvalue weighted by Crippen LogP contribution is 2.31. The maximum Gasteiger partial charge on any atom is 0.229 e. The largest absolute Gasteiger partial charge is 0.399 e. The minimum Gasteiger partial charge on any atom is -0.399 e. The number of nitrogen functional groups attached to an aromatic ring is 1. The molecule has 2 aliphatic rings. The smallest absolute Gasteiger partial charge is 0.229 e. The molecule has 120 valence electrons. The first kappa shape index (κ1) is 15.4. The molecule has 2 atom stereocenters. The number of hydrogen-bond donors (Lipinski definition) is 2. The fourth-order valence-electron chi connectivity index (χ4n) is 3.30. The van der Waals surface area contributed by atoms with Gasteiger partial charge in [0, 0.05) is 41.5 Å². The summed E-state index contributed by atoms with van der Waals surface area (Å²) in [4.78, 5) is 47.7. The first-order chi connectivity index (χ1) is 11.0. The summed E-state index contributed by atoms with van der Waals surface area (Å²) in [7, 11) is 0. The number of carbonyl (C=O) groups is 4. The number of rotatable bonds is 3. The van der Waals surface area contributed by atoms with E-state index >= 15 is 0 Å². The van der Waals surface area contributed by atoms with Crippen molar-refractivity contribution in [3.63, 3.8) is 0 Å². The van der Waals surface area contributed by atoms with Crippen molar-refractivity contribution in [2.45, 2.75) is 32.1 Å². The number of benzene rings is 1. The van der Waals surface area contributed by atoms with E-state index in [0.717, 1.165) is 0 Å². The first-order valence-electron chi connectivity index (χ1n) is 7.76. The van der Waals surface area contributed by atoms with Gasteiger partial charge in [-0.25, -0.2) is 0 Å². The predicted octanol–water partition coefficient (Wildman–Crippen LogP) is 1.49. The lowest BCUT2D eigenvalue weighted by Crippen LogP contribution is -2.41. The Hall–Kier alpha value is -2.50. The Bertz CT molecular complexity index is 711. The van der Waals surface area contributed by atoms with Crippen LogP contribution in [0.15, 0.2) is 18.2 Å². The molecule has 1 aliphatic carbocycles. The third-order valence-corrected chi connectivity index (χ3v) is 4.63. The molecule has 2 unspecified atom stereocenters. The van der Waals surface area contributed by atoms with Crippen LogP contribution in [0.25, 0.3) is 0 Å². The van der Waals surface area contributed by atoms with E-state index in [9.17, 15) is 19.2 Å². The molecule has 1 saturated heterocycles. The number of hydrogen-bond acceptors (Lipinski definition) is 5. The second-order valence-electron chi connectivity index (χ2n) is 6.22. The molecule has 1 aromatic rings. The van der Waals surface area contributed by atoms with Crippen molar-refractivity contribution >= 4 is 29.1 Å². The molecule has 0 saturated carbocycles. The van der Waals surface area contributed by atoms with Crippen molar-refractivity contribution < 1.29 is 19.2 Å². The standard InChI is InChI=1S/C17H18N2O4/c18-11-4-5-12-13(8-11)14(20)7-10(16(12)22)2-1-9-3-6-15(21)19-17(9)23/h4-5,8-10H,1-3,6-7,18H2,(H,19,21,23). The van der Waals surface area contributed by atoms with Crippen LogP contribution in [0.5, 0.6) is 0 Å². The van der Waals surface area contributed by atoms with Gasteiger partial charge in [0.1, 0.15) is 0 Å². The number of carbonyl (C=O) groups excluding carboxylic acids is 4. The van der Waals surface area contributed by atoms with Gasteiger partial charge in [-0.1, -0.05) is 0 Å². The fraction of sp³-hybridized carbons (Fsp3) is 0.412. The summed E-state index contributed by atoms with van der Waals surface area (Å²) in [5.41, 5.74) is 6.95. The van der Waals surface area contributed by atoms with Gasteiger partial charge in [0.05, 0.1) is 0 Å². The second-order valence-corrected chi connectivity index (χ2v) is 6.22. The number of ketones is 2. The lowest BCUT2D eigenvalue weighted by molar-refractivity contribution is -0.136. The molecule has 0 aromatic heterocycles. The molecule has 1 aliphatic heterocycles. The molecule has 6 nitrogen and oxygen atoms in total. The number of nitrogens with one attached hydrogen (secondary N) is 1. The number of amides is 2. The van der Waals surface area contributed by atoms with Crippen molar-refractivity contribution in [3.05, 3.63) is 29.3 Å². The molecule has 0 spiro atoms. The molecule has 1 heterocycles. The minimum atomic E-state index is -0.399. The SMILES string of the molecule is Nc1ccc2c(c1)C(=O)CC(CCC1CCC(=O)NC1=O)C2=O. The third-order valence-electron chi connectivity index (χ3n) is 4.63. The molecular weight excluding hydrogens is 296 g/mol. The van der Waals surface area contributed by atoms with E-state index in [4.69, 9.17) is 5.73 Å². The zero-order valence-corrected chi connectivity index (χ0v) is 12.6. The van der Waals surface area contributed by atoms with Crippen LogP contribution in [0.4, 0.5) is 5.69 Å². The Labute approximate surface area is 133 Å². The van der Waals surface area contributed by atoms with Crippen LogP contribution in [0.3, 0.4) is 0 Å². The number of anilines is 1. The van der Waals surface area contributed by atoms with Crippen molar-refractivity contribution in [2.24, 2.45) is 11.8 Å². The van der Waals surface area contributed by atoms with Gasteiger partial charge < -0.3 is 5.73 Å². The topological polar surface area (TPSA) is 106 Å². The monoisotopic (exact) mass is 314 g/mol. The molecule has 1 aromatic carbocycles. The van der Waals surface area contributed by atoms with Gasteiger partial charge in [0.25, 0.3) is 0 Å². The van der Waals surface area contributed by atoms with Crippen molar-refractivity contribution in [1.29, 1.82) is 0 Å². The van der Waals surface area contributed by atoms with Crippen LogP contribution in [-0.4, -0.2) is 23.4 Å². The lowest BCUT2D eigenvalue weighted by atomic mass is 9.78. The van der Waals surface area contributed by atoms with E-state index in [0.29, 0.717) is 42.5 Å². The molecule has 2 amide bonds. The van der Waals surface area contributed by atoms with Crippen molar-refractivity contribution in [1.82, 2.24) is 5.32 Å². The summed E-state index contributed by atoms with van der Waals surface area (Å²) < 4.78 is 0. The Morgan fingerprint density at radius 1 is 1.04 bits per heavy atom. The highest BCUT2D eigenvalue weighted by Gasteiger charge is 2.34. The summed E-state index contributed by atoms with van der Waals surface area (Å²) in [5, 5.41) is 2.32. The molecular formula is C17H18N2O4. The average Bonchev–Trinajstić information content (AvgIpc) is 2.51. The number of piperidine rings is 1. The molecule has 6 heteroatoms. The van der Waals surface area contributed by atoms with Gasteiger partial charge in [0.15, 0.2) is 11.6 Å². The highest BCUT2D eigenvalue weighted by atomic mass is 16.2. The number of Topliss-reactive ketones (excluding diaryl/α,β-unsaturated/α-hetero) is 2. The van der Waals surface area contributed by atoms with Crippen LogP contribution in [0.2, 0.25) is 0 Å². The Morgan fingerprint density at radius 2 is 1.78 bits per heavy atom. The van der Waals surface area contributed by atoms with Crippen molar-refractivity contribution in [3.8, 4) is 0 Å². The van der Waals surface area contributed by atoms with E-state index in [1.54, 1.807) is 18.2 Å². The lowest BCUT2D eigenvalue weighted by Gasteiger charge is -2.25. The predicted molar refractivity (Wildman–Crippen MR) is 82.7 cm³/mol. The van der Waals surface area contributed by atoms with Gasteiger partial charge in [-0.05, 0) is 37.5 Å². The highest BCUT2D eigenvalue weighted by molar-refractivity contribution is 6.15. The molecule has 3 rings (SSSR count). The number of nitrogens with two attached hydrogens (primary N) is 1. The quantitative estimate of drug-likeness (QED) is 0.649. The van der Waals surface area contributed by atoms with Gasteiger partial charge in [0.2, 0.25) is 11.8 Å². The normalized spacial score (nSPS) is 24.3. The molecule has 1 fully saturated rings.